The number of hydrogen-bond donors (Lipinski definition) is 2. The molecule has 21 heavy (non-hydrogen) atoms. The maximum atomic E-state index is 12.6. The van der Waals surface area contributed by atoms with E-state index in [9.17, 15) is 4.39 Å². The molecule has 0 amide bonds. The van der Waals surface area contributed by atoms with E-state index in [4.69, 9.17) is 5.73 Å². The Morgan fingerprint density at radius 2 is 2.33 bits per heavy atom. The number of nitrogens with zero attached hydrogens (tertiary/aromatic N) is 2. The van der Waals surface area contributed by atoms with Crippen LogP contribution in [0.25, 0.3) is 10.2 Å². The second-order valence-electron chi connectivity index (χ2n) is 4.43. The highest BCUT2D eigenvalue weighted by Gasteiger charge is 2.18. The third kappa shape index (κ3) is 3.26. The van der Waals surface area contributed by atoms with Crippen molar-refractivity contribution in [2.75, 3.05) is 12.0 Å². The van der Waals surface area contributed by atoms with Crippen molar-refractivity contribution in [2.45, 2.75) is 19.0 Å². The zero-order chi connectivity index (χ0) is 14.8. The van der Waals surface area contributed by atoms with Crippen LogP contribution in [0.2, 0.25) is 0 Å². The number of nitrogens with one attached hydrogen (secondary N) is 1. The lowest BCUT2D eigenvalue weighted by Crippen LogP contribution is -2.24. The number of anilines is 1. The molecule has 0 aliphatic carbocycles. The third-order valence-electron chi connectivity index (χ3n) is 2.86. The number of aromatic nitrogens is 2. The van der Waals surface area contributed by atoms with E-state index in [1.807, 2.05) is 5.38 Å². The van der Waals surface area contributed by atoms with Gasteiger partial charge in [0.1, 0.15) is 22.2 Å². The van der Waals surface area contributed by atoms with Crippen LogP contribution in [0.1, 0.15) is 9.88 Å². The van der Waals surface area contributed by atoms with E-state index < -0.39 is 12.7 Å². The Morgan fingerprint density at radius 3 is 3.05 bits per heavy atom. The summed E-state index contributed by atoms with van der Waals surface area (Å²) in [5.41, 5.74) is 6.62. The Kier molecular flexibility index (Phi) is 4.85. The average molecular weight is 407 g/mol. The number of fused-ring (bicyclic) bond motifs is 1. The number of halogens is 2. The van der Waals surface area contributed by atoms with Crippen molar-refractivity contribution in [1.29, 1.82) is 0 Å². The van der Waals surface area contributed by atoms with Crippen LogP contribution < -0.4 is 11.1 Å². The van der Waals surface area contributed by atoms with Gasteiger partial charge in [0, 0.05) is 28.9 Å². The van der Waals surface area contributed by atoms with E-state index in [0.29, 0.717) is 13.0 Å². The monoisotopic (exact) mass is 406 g/mol. The van der Waals surface area contributed by atoms with Crippen LogP contribution in [0.5, 0.6) is 0 Å². The van der Waals surface area contributed by atoms with Crippen LogP contribution in [0.3, 0.4) is 0 Å². The fourth-order valence-electron chi connectivity index (χ4n) is 1.85. The zero-order valence-corrected chi connectivity index (χ0v) is 14.8. The number of alkyl halides is 1. The van der Waals surface area contributed by atoms with E-state index in [0.717, 1.165) is 29.6 Å². The second kappa shape index (κ2) is 6.66. The van der Waals surface area contributed by atoms with Crippen molar-refractivity contribution in [3.05, 3.63) is 25.9 Å². The number of rotatable bonds is 6. The maximum absolute atomic E-state index is 12.6. The zero-order valence-electron chi connectivity index (χ0n) is 10.8. The van der Waals surface area contributed by atoms with Crippen molar-refractivity contribution >= 4 is 65.4 Å². The topological polar surface area (TPSA) is 63.8 Å². The highest BCUT2D eigenvalue weighted by atomic mass is 79.9. The molecule has 0 aromatic carbocycles. The fourth-order valence-corrected chi connectivity index (χ4v) is 5.46. The van der Waals surface area contributed by atoms with Gasteiger partial charge in [-0.2, -0.15) is 4.37 Å². The molecule has 4 nitrogen and oxygen atoms in total. The molecule has 0 fully saturated rings. The molecule has 3 N–H and O–H groups in total. The normalized spacial score (nSPS) is 12.9. The second-order valence-corrected chi connectivity index (χ2v) is 8.08. The first-order valence-electron chi connectivity index (χ1n) is 6.19. The Labute approximate surface area is 141 Å². The molecule has 0 bridgehead atoms. The molecular weight excluding hydrogens is 395 g/mol. The molecule has 0 aliphatic rings. The molecule has 0 radical (unpaired) electrons. The van der Waals surface area contributed by atoms with Crippen molar-refractivity contribution < 1.29 is 4.39 Å². The van der Waals surface area contributed by atoms with Crippen LogP contribution in [-0.2, 0) is 13.0 Å². The highest BCUT2D eigenvalue weighted by Crippen LogP contribution is 2.42. The van der Waals surface area contributed by atoms with Gasteiger partial charge in [-0.25, -0.2) is 9.37 Å². The summed E-state index contributed by atoms with van der Waals surface area (Å²) in [6.45, 7) is 0.170. The van der Waals surface area contributed by atoms with Gasteiger partial charge in [-0.05, 0) is 27.5 Å². The van der Waals surface area contributed by atoms with E-state index in [2.05, 4.69) is 30.6 Å². The van der Waals surface area contributed by atoms with Crippen LogP contribution >= 0.6 is 50.1 Å². The first kappa shape index (κ1) is 15.3. The molecule has 3 rings (SSSR count). The minimum Gasteiger partial charge on any atom is -0.368 e. The first-order chi connectivity index (χ1) is 10.2. The molecule has 1 atom stereocenters. The summed E-state index contributed by atoms with van der Waals surface area (Å²) >= 11 is 8.21. The molecule has 0 saturated carbocycles. The summed E-state index contributed by atoms with van der Waals surface area (Å²) < 4.78 is 19.1. The SMILES string of the molecule is N[C@@H](CF)Cc1sc2c(NCc3nccs3)snc2c1Br. The largest absolute Gasteiger partial charge is 0.368 e. The smallest absolute Gasteiger partial charge is 0.127 e. The van der Waals surface area contributed by atoms with Gasteiger partial charge in [0.05, 0.1) is 15.7 Å². The summed E-state index contributed by atoms with van der Waals surface area (Å²) in [5.74, 6) is 0. The quantitative estimate of drug-likeness (QED) is 0.648. The van der Waals surface area contributed by atoms with Crippen molar-refractivity contribution in [3.63, 3.8) is 0 Å². The molecule has 112 valence electrons. The molecule has 9 heteroatoms. The predicted octanol–water partition coefficient (Wildman–Crippen LogP) is 4.03. The Bertz CT molecular complexity index is 724. The van der Waals surface area contributed by atoms with Gasteiger partial charge >= 0.3 is 0 Å². The Morgan fingerprint density at radius 1 is 1.48 bits per heavy atom. The Balaban J connectivity index is 1.82. The number of nitrogens with two attached hydrogens (primary N) is 1. The van der Waals surface area contributed by atoms with Gasteiger partial charge in [-0.1, -0.05) is 0 Å². The standard InChI is InChI=1S/C12H12BrFN4S3/c13-9-7(3-6(15)4-14)20-11-10(9)18-21-12(11)17-5-8-16-1-2-19-8/h1-2,6,17H,3-5,15H2/t6-/m1/s1. The number of thiazole rings is 1. The summed E-state index contributed by atoms with van der Waals surface area (Å²) in [6.07, 6.45) is 2.32. The fraction of sp³-hybridized carbons (Fsp3) is 0.333. The van der Waals surface area contributed by atoms with E-state index in [-0.39, 0.29) is 0 Å². The minimum atomic E-state index is -0.514. The van der Waals surface area contributed by atoms with Crippen molar-refractivity contribution in [2.24, 2.45) is 5.73 Å². The van der Waals surface area contributed by atoms with Gasteiger partial charge in [0.15, 0.2) is 0 Å². The van der Waals surface area contributed by atoms with Crippen molar-refractivity contribution in [1.82, 2.24) is 9.36 Å². The van der Waals surface area contributed by atoms with Crippen molar-refractivity contribution in [3.8, 4) is 0 Å². The van der Waals surface area contributed by atoms with Crippen LogP contribution in [0, 0.1) is 0 Å². The lowest BCUT2D eigenvalue weighted by molar-refractivity contribution is 0.428. The Hall–Kier alpha value is -0.610. The minimum absolute atomic E-state index is 0.459. The first-order valence-corrected chi connectivity index (χ1v) is 9.45. The molecule has 0 spiro atoms. The highest BCUT2D eigenvalue weighted by molar-refractivity contribution is 9.10. The molecule has 3 aromatic rings. The molecule has 0 saturated heterocycles. The van der Waals surface area contributed by atoms with E-state index in [1.54, 1.807) is 28.9 Å². The molecule has 3 aromatic heterocycles. The lowest BCUT2D eigenvalue weighted by atomic mass is 10.2. The van der Waals surface area contributed by atoms with Crippen LogP contribution in [0.4, 0.5) is 9.39 Å². The van der Waals surface area contributed by atoms with Gasteiger partial charge < -0.3 is 11.1 Å². The van der Waals surface area contributed by atoms with Crippen LogP contribution in [0.15, 0.2) is 16.0 Å². The lowest BCUT2D eigenvalue weighted by Gasteiger charge is -2.04. The molecule has 0 aliphatic heterocycles. The van der Waals surface area contributed by atoms with Gasteiger partial charge in [-0.15, -0.1) is 22.7 Å². The van der Waals surface area contributed by atoms with Gasteiger partial charge in [0.25, 0.3) is 0 Å². The number of thiophene rings is 1. The summed E-state index contributed by atoms with van der Waals surface area (Å²) in [7, 11) is 0. The summed E-state index contributed by atoms with van der Waals surface area (Å²) in [5, 5.41) is 7.38. The molecular formula is C12H12BrFN4S3. The average Bonchev–Trinajstić information content (AvgIpc) is 3.17. The predicted molar refractivity (Wildman–Crippen MR) is 92.3 cm³/mol. The van der Waals surface area contributed by atoms with Gasteiger partial charge in [-0.3, -0.25) is 0 Å². The van der Waals surface area contributed by atoms with E-state index >= 15 is 0 Å². The number of hydrogen-bond acceptors (Lipinski definition) is 7. The van der Waals surface area contributed by atoms with Crippen LogP contribution in [-0.4, -0.2) is 22.1 Å². The summed E-state index contributed by atoms with van der Waals surface area (Å²) in [6, 6.07) is -0.459. The van der Waals surface area contributed by atoms with E-state index in [1.165, 1.54) is 11.5 Å². The molecule has 3 heterocycles. The maximum Gasteiger partial charge on any atom is 0.127 e. The van der Waals surface area contributed by atoms with Gasteiger partial charge in [0.2, 0.25) is 0 Å². The molecule has 0 unspecified atom stereocenters. The summed E-state index contributed by atoms with van der Waals surface area (Å²) in [4.78, 5) is 5.29. The third-order valence-corrected chi connectivity index (χ3v) is 6.91.